The monoisotopic (exact) mass is 857 g/mol. The van der Waals surface area contributed by atoms with Gasteiger partial charge in [0.2, 0.25) is 0 Å². The number of methoxy groups -OCH3 is 1. The van der Waals surface area contributed by atoms with Gasteiger partial charge in [-0.25, -0.2) is 0 Å². The van der Waals surface area contributed by atoms with Crippen LogP contribution < -0.4 is 16.0 Å². The van der Waals surface area contributed by atoms with Gasteiger partial charge in [-0.1, -0.05) is 70.1 Å². The molecule has 2 aromatic heterocycles. The molecule has 3 amide bonds. The van der Waals surface area contributed by atoms with Crippen molar-refractivity contribution in [2.45, 2.75) is 47.0 Å². The number of nitrogens with zero attached hydrogens (tertiary/aromatic N) is 2. The lowest BCUT2D eigenvalue weighted by molar-refractivity contribution is -0.140. The molecule has 10 nitrogen and oxygen atoms in total. The van der Waals surface area contributed by atoms with Crippen molar-refractivity contribution >= 4 is 98.8 Å². The van der Waals surface area contributed by atoms with Crippen molar-refractivity contribution in [2.75, 3.05) is 24.3 Å². The molecular weight excluding hydrogens is 830 g/mol. The summed E-state index contributed by atoms with van der Waals surface area (Å²) in [6.45, 7) is 0.390. The molecule has 3 N–H and O–H groups in total. The molecule has 0 radical (unpaired) electrons. The molecule has 0 aliphatic carbocycles. The molecule has 0 atom stereocenters. The van der Waals surface area contributed by atoms with Crippen LogP contribution in [0.1, 0.15) is 79.5 Å². The van der Waals surface area contributed by atoms with Crippen LogP contribution >= 0.6 is 63.7 Å². The Morgan fingerprint density at radius 3 is 1.45 bits per heavy atom. The third kappa shape index (κ3) is 11.0. The summed E-state index contributed by atoms with van der Waals surface area (Å²) >= 11 is 13.5. The van der Waals surface area contributed by atoms with Crippen molar-refractivity contribution in [1.82, 2.24) is 15.3 Å². The number of ether oxygens (including phenoxy) is 1. The van der Waals surface area contributed by atoms with E-state index >= 15 is 0 Å². The van der Waals surface area contributed by atoms with Crippen LogP contribution in [0.3, 0.4) is 0 Å². The number of esters is 1. The molecule has 0 saturated carbocycles. The number of anilines is 2. The van der Waals surface area contributed by atoms with E-state index in [1.54, 1.807) is 42.5 Å². The molecule has 1 aromatic carbocycles. The number of unbranched alkanes of at least 4 members (excludes halogenated alkanes) is 2. The first kappa shape index (κ1) is 35.8. The summed E-state index contributed by atoms with van der Waals surface area (Å²) in [6.07, 6.45) is 2.40. The van der Waals surface area contributed by atoms with Crippen LogP contribution in [0.15, 0.2) is 42.5 Å². The Balaban J connectivity index is 1.84. The molecule has 234 valence electrons. The highest BCUT2D eigenvalue weighted by Gasteiger charge is 2.16. The molecule has 44 heavy (non-hydrogen) atoms. The van der Waals surface area contributed by atoms with Gasteiger partial charge in [-0.3, -0.25) is 29.1 Å². The second-order valence-electron chi connectivity index (χ2n) is 9.56. The Morgan fingerprint density at radius 1 is 0.614 bits per heavy atom. The zero-order valence-electron chi connectivity index (χ0n) is 23.9. The number of rotatable bonds is 15. The van der Waals surface area contributed by atoms with Gasteiger partial charge >= 0.3 is 5.97 Å². The van der Waals surface area contributed by atoms with Gasteiger partial charge in [-0.05, 0) is 55.3 Å². The van der Waals surface area contributed by atoms with Crippen molar-refractivity contribution in [3.8, 4) is 0 Å². The molecule has 14 heteroatoms. The van der Waals surface area contributed by atoms with Crippen LogP contribution in [0, 0.1) is 0 Å². The summed E-state index contributed by atoms with van der Waals surface area (Å²) in [5.74, 6) is -1.42. The van der Waals surface area contributed by atoms with Gasteiger partial charge in [0.1, 0.15) is 0 Å². The number of carbonyl (C=O) groups is 4. The first-order valence-electron chi connectivity index (χ1n) is 13.6. The van der Waals surface area contributed by atoms with Gasteiger partial charge in [0, 0.05) is 62.4 Å². The standard InChI is InChI=1S/C30H31Br4N5O5/c1-44-27(40)5-3-2-4-6-35-28(41)18-7-21(38-29(42)19-9-23(14-31)36-24(10-19)15-32)13-22(8-18)39-30(43)20-11-25(16-33)37-26(12-20)17-34/h7-13H,2-6,14-17H2,1H3,(H,35,41)(H,38,42)(H,39,43). The molecule has 0 aliphatic rings. The van der Waals surface area contributed by atoms with Crippen LogP contribution in [-0.2, 0) is 30.9 Å². The van der Waals surface area contributed by atoms with Crippen LogP contribution in [-0.4, -0.2) is 47.3 Å². The average Bonchev–Trinajstić information content (AvgIpc) is 3.05. The summed E-state index contributed by atoms with van der Waals surface area (Å²) in [5.41, 5.74) is 4.49. The van der Waals surface area contributed by atoms with Crippen LogP contribution in [0.25, 0.3) is 0 Å². The van der Waals surface area contributed by atoms with E-state index in [9.17, 15) is 19.2 Å². The second kappa shape index (κ2) is 18.3. The lowest BCUT2D eigenvalue weighted by Crippen LogP contribution is -2.25. The van der Waals surface area contributed by atoms with E-state index in [1.807, 2.05) is 0 Å². The van der Waals surface area contributed by atoms with Gasteiger partial charge in [0.05, 0.1) is 29.9 Å². The minimum absolute atomic E-state index is 0.252. The van der Waals surface area contributed by atoms with Crippen LogP contribution in [0.2, 0.25) is 0 Å². The third-order valence-electron chi connectivity index (χ3n) is 6.22. The Kier molecular flexibility index (Phi) is 14.9. The van der Waals surface area contributed by atoms with Gasteiger partial charge in [0.25, 0.3) is 17.7 Å². The van der Waals surface area contributed by atoms with Crippen molar-refractivity contribution in [3.05, 3.63) is 81.9 Å². The third-order valence-corrected chi connectivity index (χ3v) is 8.51. The molecule has 3 rings (SSSR count). The highest BCUT2D eigenvalue weighted by molar-refractivity contribution is 9.09. The highest BCUT2D eigenvalue weighted by atomic mass is 79.9. The maximum absolute atomic E-state index is 13.3. The number of halogens is 4. The number of hydrogen-bond donors (Lipinski definition) is 3. The van der Waals surface area contributed by atoms with Crippen molar-refractivity contribution < 1.29 is 23.9 Å². The minimum Gasteiger partial charge on any atom is -0.469 e. The van der Waals surface area contributed by atoms with Crippen molar-refractivity contribution in [2.24, 2.45) is 0 Å². The van der Waals surface area contributed by atoms with E-state index in [-0.39, 0.29) is 17.4 Å². The summed E-state index contributed by atoms with van der Waals surface area (Å²) in [7, 11) is 1.35. The number of amides is 3. The number of aromatic nitrogens is 2. The lowest BCUT2D eigenvalue weighted by Gasteiger charge is -2.14. The number of carbonyl (C=O) groups excluding carboxylic acids is 4. The summed E-state index contributed by atoms with van der Waals surface area (Å²) in [6, 6.07) is 11.4. The first-order chi connectivity index (χ1) is 21.2. The predicted octanol–water partition coefficient (Wildman–Crippen LogP) is 7.02. The zero-order chi connectivity index (χ0) is 32.1. The van der Waals surface area contributed by atoms with Gasteiger partial charge in [-0.2, -0.15) is 0 Å². The number of alkyl halides is 4. The smallest absolute Gasteiger partial charge is 0.305 e. The average molecular weight is 861 g/mol. The quantitative estimate of drug-likeness (QED) is 0.0848. The number of nitrogens with one attached hydrogen (secondary N) is 3. The predicted molar refractivity (Wildman–Crippen MR) is 184 cm³/mol. The first-order valence-corrected chi connectivity index (χ1v) is 18.0. The molecule has 0 fully saturated rings. The fourth-order valence-electron chi connectivity index (χ4n) is 4.12. The van der Waals surface area contributed by atoms with E-state index in [4.69, 9.17) is 0 Å². The SMILES string of the molecule is COC(=O)CCCCCNC(=O)c1cc(NC(=O)c2cc(CBr)nc(CBr)c2)cc(NC(=O)c2cc(CBr)nc(CBr)c2)c1. The molecule has 0 saturated heterocycles. The largest absolute Gasteiger partial charge is 0.469 e. The van der Waals surface area contributed by atoms with E-state index in [2.05, 4.69) is 94.4 Å². The molecule has 3 aromatic rings. The molecule has 0 spiro atoms. The maximum atomic E-state index is 13.3. The van der Waals surface area contributed by atoms with E-state index in [0.29, 0.717) is 92.4 Å². The van der Waals surface area contributed by atoms with Gasteiger partial charge in [-0.15, -0.1) is 0 Å². The second-order valence-corrected chi connectivity index (χ2v) is 11.8. The van der Waals surface area contributed by atoms with Gasteiger partial charge in [0.15, 0.2) is 0 Å². The summed E-state index contributed by atoms with van der Waals surface area (Å²) in [5, 5.41) is 10.5. The molecule has 0 unspecified atom stereocenters. The molecule has 2 heterocycles. The maximum Gasteiger partial charge on any atom is 0.305 e. The highest BCUT2D eigenvalue weighted by Crippen LogP contribution is 2.23. The van der Waals surface area contributed by atoms with E-state index < -0.39 is 11.8 Å². The Bertz CT molecular complexity index is 1370. The Morgan fingerprint density at radius 2 is 1.05 bits per heavy atom. The van der Waals surface area contributed by atoms with E-state index in [0.717, 1.165) is 6.42 Å². The van der Waals surface area contributed by atoms with Crippen LogP contribution in [0.4, 0.5) is 11.4 Å². The lowest BCUT2D eigenvalue weighted by atomic mass is 10.1. The van der Waals surface area contributed by atoms with E-state index in [1.165, 1.54) is 7.11 Å². The fraction of sp³-hybridized carbons (Fsp3) is 0.333. The number of pyridine rings is 2. The van der Waals surface area contributed by atoms with Crippen molar-refractivity contribution in [1.29, 1.82) is 0 Å². The zero-order valence-corrected chi connectivity index (χ0v) is 30.2. The van der Waals surface area contributed by atoms with Gasteiger partial charge < -0.3 is 20.7 Å². The molecule has 0 bridgehead atoms. The summed E-state index contributed by atoms with van der Waals surface area (Å²) in [4.78, 5) is 59.9. The van der Waals surface area contributed by atoms with Crippen molar-refractivity contribution in [3.63, 3.8) is 0 Å². The van der Waals surface area contributed by atoms with Crippen LogP contribution in [0.5, 0.6) is 0 Å². The minimum atomic E-state index is -0.393. The molecular formula is C30H31Br4N5O5. The normalized spacial score (nSPS) is 10.7. The molecule has 0 aliphatic heterocycles. The Labute approximate surface area is 289 Å². The topological polar surface area (TPSA) is 139 Å². The number of benzene rings is 1. The Hall–Kier alpha value is -2.68. The fourth-order valence-corrected chi connectivity index (χ4v) is 5.27. The summed E-state index contributed by atoms with van der Waals surface area (Å²) < 4.78 is 4.65. The number of hydrogen-bond acceptors (Lipinski definition) is 7.